The number of anilines is 1. The molecule has 1 amide bonds. The van der Waals surface area contributed by atoms with Gasteiger partial charge in [-0.15, -0.1) is 0 Å². The molecule has 0 saturated carbocycles. The molecule has 0 radical (unpaired) electrons. The number of fused-ring (bicyclic) bond motifs is 2. The molecule has 0 saturated heterocycles. The molecule has 0 bridgehead atoms. The van der Waals surface area contributed by atoms with Crippen LogP contribution in [0.4, 0.5) is 5.69 Å². The fraction of sp³-hybridized carbons (Fsp3) is 0.292. The number of esters is 1. The summed E-state index contributed by atoms with van der Waals surface area (Å²) in [7, 11) is 0. The Kier molecular flexibility index (Phi) is 6.29. The van der Waals surface area contributed by atoms with Gasteiger partial charge in [-0.3, -0.25) is 9.78 Å². The average molecular weight is 423 g/mol. The number of rotatable bonds is 4. The SMILES string of the molecule is O=C(COC(=O)c1c2c(nc3ccccc13)CCCCCC2)Nc1ccccc1Cl. The van der Waals surface area contributed by atoms with Gasteiger partial charge in [0.2, 0.25) is 0 Å². The maximum Gasteiger partial charge on any atom is 0.339 e. The minimum atomic E-state index is -0.486. The van der Waals surface area contributed by atoms with E-state index in [4.69, 9.17) is 21.3 Å². The number of nitrogens with one attached hydrogen (secondary N) is 1. The van der Waals surface area contributed by atoms with Crippen LogP contribution in [-0.2, 0) is 22.4 Å². The van der Waals surface area contributed by atoms with Gasteiger partial charge in [0.1, 0.15) is 0 Å². The van der Waals surface area contributed by atoms with Gasteiger partial charge in [0.05, 0.1) is 21.8 Å². The fourth-order valence-corrected chi connectivity index (χ4v) is 4.09. The number of hydrogen-bond acceptors (Lipinski definition) is 4. The number of halogens is 1. The van der Waals surface area contributed by atoms with Gasteiger partial charge in [0.25, 0.3) is 5.91 Å². The number of aromatic nitrogens is 1. The van der Waals surface area contributed by atoms with E-state index in [1.54, 1.807) is 24.3 Å². The lowest BCUT2D eigenvalue weighted by Gasteiger charge is -2.18. The first-order chi connectivity index (χ1) is 14.6. The van der Waals surface area contributed by atoms with Crippen molar-refractivity contribution < 1.29 is 14.3 Å². The fourth-order valence-electron chi connectivity index (χ4n) is 3.91. The highest BCUT2D eigenvalue weighted by atomic mass is 35.5. The summed E-state index contributed by atoms with van der Waals surface area (Å²) in [5.74, 6) is -0.919. The van der Waals surface area contributed by atoms with Crippen molar-refractivity contribution in [2.45, 2.75) is 38.5 Å². The Bertz CT molecular complexity index is 1100. The highest BCUT2D eigenvalue weighted by molar-refractivity contribution is 6.33. The quantitative estimate of drug-likeness (QED) is 0.576. The van der Waals surface area contributed by atoms with E-state index in [-0.39, 0.29) is 6.61 Å². The van der Waals surface area contributed by atoms with Crippen LogP contribution in [0.3, 0.4) is 0 Å². The zero-order chi connectivity index (χ0) is 20.9. The Labute approximate surface area is 180 Å². The van der Waals surface area contributed by atoms with Crippen LogP contribution < -0.4 is 5.32 Å². The van der Waals surface area contributed by atoms with Crippen LogP contribution in [0.15, 0.2) is 48.5 Å². The summed E-state index contributed by atoms with van der Waals surface area (Å²) in [6.45, 7) is -0.379. The smallest absolute Gasteiger partial charge is 0.339 e. The molecule has 1 aliphatic rings. The van der Waals surface area contributed by atoms with Crippen molar-refractivity contribution in [2.24, 2.45) is 0 Å². The number of ether oxygens (including phenoxy) is 1. The normalized spacial score (nSPS) is 13.8. The second-order valence-corrected chi connectivity index (χ2v) is 7.85. The van der Waals surface area contributed by atoms with E-state index in [0.29, 0.717) is 16.3 Å². The molecule has 0 fully saturated rings. The van der Waals surface area contributed by atoms with E-state index in [2.05, 4.69) is 5.32 Å². The number of para-hydroxylation sites is 2. The molecule has 0 aliphatic heterocycles. The van der Waals surface area contributed by atoms with Gasteiger partial charge >= 0.3 is 5.97 Å². The summed E-state index contributed by atoms with van der Waals surface area (Å²) in [5, 5.41) is 3.88. The van der Waals surface area contributed by atoms with Crippen LogP contribution in [0.1, 0.15) is 47.3 Å². The number of amides is 1. The molecule has 2 aromatic carbocycles. The van der Waals surface area contributed by atoms with Gasteiger partial charge in [-0.25, -0.2) is 4.79 Å². The van der Waals surface area contributed by atoms with Gasteiger partial charge in [0.15, 0.2) is 6.61 Å². The first-order valence-corrected chi connectivity index (χ1v) is 10.6. The molecule has 1 aliphatic carbocycles. The number of pyridine rings is 1. The van der Waals surface area contributed by atoms with Crippen molar-refractivity contribution in [3.8, 4) is 0 Å². The van der Waals surface area contributed by atoms with Crippen LogP contribution in [0, 0.1) is 0 Å². The minimum Gasteiger partial charge on any atom is -0.452 e. The Morgan fingerprint density at radius 3 is 2.53 bits per heavy atom. The topological polar surface area (TPSA) is 68.3 Å². The molecular weight excluding hydrogens is 400 g/mol. The van der Waals surface area contributed by atoms with E-state index in [9.17, 15) is 9.59 Å². The molecule has 1 N–H and O–H groups in total. The number of hydrogen-bond donors (Lipinski definition) is 1. The van der Waals surface area contributed by atoms with E-state index >= 15 is 0 Å². The van der Waals surface area contributed by atoms with Crippen molar-refractivity contribution >= 4 is 40.1 Å². The summed E-state index contributed by atoms with van der Waals surface area (Å²) < 4.78 is 5.43. The molecular formula is C24H23ClN2O3. The Morgan fingerprint density at radius 1 is 0.967 bits per heavy atom. The second kappa shape index (κ2) is 9.26. The predicted octanol–water partition coefficient (Wildman–Crippen LogP) is 5.34. The van der Waals surface area contributed by atoms with Crippen LogP contribution in [-0.4, -0.2) is 23.5 Å². The molecule has 1 aromatic heterocycles. The maximum absolute atomic E-state index is 13.1. The first kappa shape index (κ1) is 20.4. The van der Waals surface area contributed by atoms with Gasteiger partial charge < -0.3 is 10.1 Å². The third-order valence-electron chi connectivity index (χ3n) is 5.36. The summed E-state index contributed by atoms with van der Waals surface area (Å²) in [5.41, 5.74) is 3.75. The maximum atomic E-state index is 13.1. The van der Waals surface area contributed by atoms with Gasteiger partial charge in [0, 0.05) is 11.1 Å². The second-order valence-electron chi connectivity index (χ2n) is 7.45. The minimum absolute atomic E-state index is 0.379. The van der Waals surface area contributed by atoms with Crippen LogP contribution in [0.25, 0.3) is 10.9 Å². The van der Waals surface area contributed by atoms with Crippen LogP contribution in [0.2, 0.25) is 5.02 Å². The van der Waals surface area contributed by atoms with E-state index in [0.717, 1.165) is 54.3 Å². The molecule has 154 valence electrons. The molecule has 1 heterocycles. The standard InChI is InChI=1S/C24H23ClN2O3/c25-18-11-6-8-14-21(18)27-22(28)15-30-24(29)23-16-9-3-1-2-4-12-19(16)26-20-13-7-5-10-17(20)23/h5-8,10-11,13-14H,1-4,9,12,15H2,(H,27,28). The number of nitrogens with zero attached hydrogens (tertiary/aromatic N) is 1. The third kappa shape index (κ3) is 4.46. The Balaban J connectivity index is 1.58. The third-order valence-corrected chi connectivity index (χ3v) is 5.69. The summed E-state index contributed by atoms with van der Waals surface area (Å²) in [4.78, 5) is 30.2. The average Bonchev–Trinajstić information content (AvgIpc) is 2.73. The molecule has 0 spiro atoms. The van der Waals surface area contributed by atoms with Crippen molar-refractivity contribution in [2.75, 3.05) is 11.9 Å². The summed E-state index contributed by atoms with van der Waals surface area (Å²) in [6.07, 6.45) is 6.04. The Morgan fingerprint density at radius 2 is 1.70 bits per heavy atom. The number of carbonyl (C=O) groups excluding carboxylic acids is 2. The van der Waals surface area contributed by atoms with Crippen molar-refractivity contribution in [1.82, 2.24) is 4.98 Å². The van der Waals surface area contributed by atoms with Crippen LogP contribution >= 0.6 is 11.6 Å². The summed E-state index contributed by atoms with van der Waals surface area (Å²) >= 11 is 6.07. The van der Waals surface area contributed by atoms with E-state index < -0.39 is 11.9 Å². The van der Waals surface area contributed by atoms with Gasteiger partial charge in [-0.2, -0.15) is 0 Å². The van der Waals surface area contributed by atoms with Gasteiger partial charge in [-0.1, -0.05) is 54.8 Å². The van der Waals surface area contributed by atoms with Gasteiger partial charge in [-0.05, 0) is 49.4 Å². The number of carbonyl (C=O) groups is 2. The first-order valence-electron chi connectivity index (χ1n) is 10.3. The van der Waals surface area contributed by atoms with E-state index in [1.807, 2.05) is 24.3 Å². The lowest BCUT2D eigenvalue weighted by atomic mass is 9.91. The monoisotopic (exact) mass is 422 g/mol. The molecule has 0 atom stereocenters. The molecule has 0 unspecified atom stereocenters. The van der Waals surface area contributed by atoms with Crippen LogP contribution in [0.5, 0.6) is 0 Å². The summed E-state index contributed by atoms with van der Waals surface area (Å²) in [6, 6.07) is 14.5. The molecule has 4 rings (SSSR count). The van der Waals surface area contributed by atoms with Crippen molar-refractivity contribution in [3.05, 3.63) is 70.4 Å². The molecule has 6 heteroatoms. The Hall–Kier alpha value is -2.92. The molecule has 5 nitrogen and oxygen atoms in total. The zero-order valence-corrected chi connectivity index (χ0v) is 17.4. The largest absolute Gasteiger partial charge is 0.452 e. The van der Waals surface area contributed by atoms with Crippen molar-refractivity contribution in [1.29, 1.82) is 0 Å². The lowest BCUT2D eigenvalue weighted by Crippen LogP contribution is -2.22. The molecule has 30 heavy (non-hydrogen) atoms. The zero-order valence-electron chi connectivity index (χ0n) is 16.6. The van der Waals surface area contributed by atoms with Crippen molar-refractivity contribution in [3.63, 3.8) is 0 Å². The number of aryl methyl sites for hydroxylation is 1. The van der Waals surface area contributed by atoms with E-state index in [1.165, 1.54) is 6.42 Å². The predicted molar refractivity (Wildman–Crippen MR) is 118 cm³/mol. The number of benzene rings is 2. The molecule has 3 aromatic rings. The highest BCUT2D eigenvalue weighted by Crippen LogP contribution is 2.29. The highest BCUT2D eigenvalue weighted by Gasteiger charge is 2.23. The lowest BCUT2D eigenvalue weighted by molar-refractivity contribution is -0.119.